The van der Waals surface area contributed by atoms with E-state index in [4.69, 9.17) is 0 Å². The Morgan fingerprint density at radius 1 is 1.27 bits per heavy atom. The van der Waals surface area contributed by atoms with Crippen molar-refractivity contribution in [3.8, 4) is 0 Å². The van der Waals surface area contributed by atoms with E-state index in [1.807, 2.05) is 0 Å². The lowest BCUT2D eigenvalue weighted by atomic mass is 9.89. The second kappa shape index (κ2) is 5.06. The Hall–Kier alpha value is -0.440. The van der Waals surface area contributed by atoms with E-state index in [2.05, 4.69) is 59.7 Å². The van der Waals surface area contributed by atoms with Gasteiger partial charge in [0.15, 0.2) is 0 Å². The molecule has 3 heteroatoms. The molecule has 0 aliphatic rings. The van der Waals surface area contributed by atoms with E-state index in [0.717, 1.165) is 24.2 Å². The molecule has 0 spiro atoms. The molecule has 1 aromatic rings. The summed E-state index contributed by atoms with van der Waals surface area (Å²) in [4.78, 5) is 8.95. The van der Waals surface area contributed by atoms with E-state index in [1.165, 1.54) is 0 Å². The van der Waals surface area contributed by atoms with Crippen molar-refractivity contribution >= 4 is 15.9 Å². The Labute approximate surface area is 101 Å². The molecule has 1 heterocycles. The van der Waals surface area contributed by atoms with Crippen molar-refractivity contribution in [2.24, 2.45) is 5.41 Å². The minimum atomic E-state index is 0.261. The molecule has 0 N–H and O–H groups in total. The summed E-state index contributed by atoms with van der Waals surface area (Å²) in [6.45, 7) is 8.80. The van der Waals surface area contributed by atoms with Crippen LogP contribution in [0.15, 0.2) is 12.4 Å². The summed E-state index contributed by atoms with van der Waals surface area (Å²) in [7, 11) is 0. The van der Waals surface area contributed by atoms with Crippen LogP contribution < -0.4 is 0 Å². The zero-order chi connectivity index (χ0) is 11.5. The highest BCUT2D eigenvalue weighted by Gasteiger charge is 2.22. The highest BCUT2D eigenvalue weighted by Crippen LogP contribution is 2.28. The predicted molar refractivity (Wildman–Crippen MR) is 67.3 cm³/mol. The molecule has 0 saturated carbocycles. The third kappa shape index (κ3) is 3.90. The lowest BCUT2D eigenvalue weighted by molar-refractivity contribution is 0.396. The number of nitrogens with zero attached hydrogens (tertiary/aromatic N) is 2. The van der Waals surface area contributed by atoms with Gasteiger partial charge < -0.3 is 0 Å². The maximum absolute atomic E-state index is 4.30. The molecule has 0 fully saturated rings. The lowest BCUT2D eigenvalue weighted by Crippen LogP contribution is -2.22. The molecule has 0 amide bonds. The summed E-state index contributed by atoms with van der Waals surface area (Å²) in [6.07, 6.45) is 3.59. The number of aryl methyl sites for hydroxylation is 1. The maximum Gasteiger partial charge on any atom is 0.115 e. The number of rotatable bonds is 3. The monoisotopic (exact) mass is 270 g/mol. The van der Waals surface area contributed by atoms with Gasteiger partial charge in [-0.25, -0.2) is 9.97 Å². The summed E-state index contributed by atoms with van der Waals surface area (Å²) in [6, 6.07) is 2.10. The number of hydrogen-bond donors (Lipinski definition) is 0. The van der Waals surface area contributed by atoms with Gasteiger partial charge in [0.2, 0.25) is 0 Å². The van der Waals surface area contributed by atoms with Crippen LogP contribution in [0.2, 0.25) is 0 Å². The molecular weight excluding hydrogens is 252 g/mol. The molecule has 0 aliphatic heterocycles. The Kier molecular flexibility index (Phi) is 4.26. The number of alkyl halides is 1. The molecule has 1 aromatic heterocycles. The van der Waals surface area contributed by atoms with Crippen molar-refractivity contribution in [3.63, 3.8) is 0 Å². The van der Waals surface area contributed by atoms with Gasteiger partial charge in [-0.15, -0.1) is 0 Å². The molecule has 0 radical (unpaired) electrons. The molecule has 2 nitrogen and oxygen atoms in total. The number of halogens is 1. The van der Waals surface area contributed by atoms with Crippen LogP contribution in [0.1, 0.15) is 39.1 Å². The molecule has 1 unspecified atom stereocenters. The van der Waals surface area contributed by atoms with Gasteiger partial charge in [0.1, 0.15) is 6.33 Å². The first kappa shape index (κ1) is 12.6. The normalized spacial score (nSPS) is 13.9. The zero-order valence-electron chi connectivity index (χ0n) is 9.92. The largest absolute Gasteiger partial charge is 0.241 e. The highest BCUT2D eigenvalue weighted by atomic mass is 79.9. The molecule has 1 atom stereocenters. The van der Waals surface area contributed by atoms with Crippen molar-refractivity contribution in [2.45, 2.75) is 45.4 Å². The minimum Gasteiger partial charge on any atom is -0.241 e. The topological polar surface area (TPSA) is 25.8 Å². The van der Waals surface area contributed by atoms with E-state index in [-0.39, 0.29) is 5.41 Å². The van der Waals surface area contributed by atoms with E-state index in [0.29, 0.717) is 4.83 Å². The first-order chi connectivity index (χ1) is 6.93. The van der Waals surface area contributed by atoms with E-state index in [9.17, 15) is 0 Å². The van der Waals surface area contributed by atoms with Gasteiger partial charge in [-0.2, -0.15) is 0 Å². The first-order valence-electron chi connectivity index (χ1n) is 5.37. The minimum absolute atomic E-state index is 0.261. The van der Waals surface area contributed by atoms with Crippen molar-refractivity contribution in [1.29, 1.82) is 0 Å². The fraction of sp³-hybridized carbons (Fsp3) is 0.667. The average molecular weight is 271 g/mol. The second-order valence-electron chi connectivity index (χ2n) is 4.89. The molecule has 15 heavy (non-hydrogen) atoms. The van der Waals surface area contributed by atoms with Crippen LogP contribution in [0.25, 0.3) is 0 Å². The quantitative estimate of drug-likeness (QED) is 0.787. The van der Waals surface area contributed by atoms with Crippen LogP contribution in [0, 0.1) is 5.41 Å². The Bertz CT molecular complexity index is 318. The molecule has 1 rings (SSSR count). The van der Waals surface area contributed by atoms with E-state index < -0.39 is 0 Å². The number of hydrogen-bond acceptors (Lipinski definition) is 2. The van der Waals surface area contributed by atoms with Crippen LogP contribution >= 0.6 is 15.9 Å². The average Bonchev–Trinajstić information content (AvgIpc) is 2.16. The molecule has 0 bridgehead atoms. The fourth-order valence-corrected chi connectivity index (χ4v) is 1.57. The predicted octanol–water partition coefficient (Wildman–Crippen LogP) is 3.39. The highest BCUT2D eigenvalue weighted by molar-refractivity contribution is 9.09. The van der Waals surface area contributed by atoms with E-state index in [1.54, 1.807) is 6.33 Å². The SMILES string of the molecule is CCc1cc(CC(Br)C(C)(C)C)ncn1. The van der Waals surface area contributed by atoms with Crippen molar-refractivity contribution in [1.82, 2.24) is 9.97 Å². The van der Waals surface area contributed by atoms with Crippen LogP contribution in [0.3, 0.4) is 0 Å². The first-order valence-corrected chi connectivity index (χ1v) is 6.29. The third-order valence-electron chi connectivity index (χ3n) is 2.47. The van der Waals surface area contributed by atoms with Gasteiger partial charge >= 0.3 is 0 Å². The van der Waals surface area contributed by atoms with Crippen molar-refractivity contribution < 1.29 is 0 Å². The van der Waals surface area contributed by atoms with Gasteiger partial charge in [0, 0.05) is 22.6 Å². The summed E-state index contributed by atoms with van der Waals surface area (Å²) in [5.74, 6) is 0. The summed E-state index contributed by atoms with van der Waals surface area (Å²) in [5, 5.41) is 0. The van der Waals surface area contributed by atoms with Gasteiger partial charge in [0.25, 0.3) is 0 Å². The summed E-state index contributed by atoms with van der Waals surface area (Å²) < 4.78 is 0. The van der Waals surface area contributed by atoms with Crippen molar-refractivity contribution in [2.75, 3.05) is 0 Å². The third-order valence-corrected chi connectivity index (χ3v) is 4.17. The van der Waals surface area contributed by atoms with E-state index >= 15 is 0 Å². The van der Waals surface area contributed by atoms with Crippen molar-refractivity contribution in [3.05, 3.63) is 23.8 Å². The van der Waals surface area contributed by atoms with Crippen LogP contribution in [0.5, 0.6) is 0 Å². The lowest BCUT2D eigenvalue weighted by Gasteiger charge is -2.25. The Balaban J connectivity index is 2.72. The van der Waals surface area contributed by atoms with Crippen LogP contribution in [-0.2, 0) is 12.8 Å². The molecular formula is C12H19BrN2. The van der Waals surface area contributed by atoms with Gasteiger partial charge in [0.05, 0.1) is 0 Å². The standard InChI is InChI=1S/C12H19BrN2/c1-5-9-6-10(15-8-14-9)7-11(13)12(2,3)4/h6,8,11H,5,7H2,1-4H3. The van der Waals surface area contributed by atoms with Crippen LogP contribution in [0.4, 0.5) is 0 Å². The molecule has 0 aromatic carbocycles. The fourth-order valence-electron chi connectivity index (χ4n) is 1.24. The smallest absolute Gasteiger partial charge is 0.115 e. The summed E-state index contributed by atoms with van der Waals surface area (Å²) in [5.41, 5.74) is 2.50. The molecule has 84 valence electrons. The zero-order valence-corrected chi connectivity index (χ0v) is 11.5. The Morgan fingerprint density at radius 3 is 2.40 bits per heavy atom. The second-order valence-corrected chi connectivity index (χ2v) is 6.00. The number of aromatic nitrogens is 2. The van der Waals surface area contributed by atoms with Gasteiger partial charge in [-0.05, 0) is 17.9 Å². The van der Waals surface area contributed by atoms with Gasteiger partial charge in [-0.3, -0.25) is 0 Å². The van der Waals surface area contributed by atoms with Crippen LogP contribution in [-0.4, -0.2) is 14.8 Å². The maximum atomic E-state index is 4.30. The van der Waals surface area contributed by atoms with Gasteiger partial charge in [-0.1, -0.05) is 43.6 Å². The summed E-state index contributed by atoms with van der Waals surface area (Å²) >= 11 is 3.72. The molecule has 0 aliphatic carbocycles. The molecule has 0 saturated heterocycles. The Morgan fingerprint density at radius 2 is 1.87 bits per heavy atom.